The fourth-order valence-corrected chi connectivity index (χ4v) is 5.34. The van der Waals surface area contributed by atoms with Gasteiger partial charge in [0, 0.05) is 0 Å². The Morgan fingerprint density at radius 1 is 0.581 bits per heavy atom. The van der Waals surface area contributed by atoms with Crippen LogP contribution in [-0.2, 0) is 4.79 Å². The molecule has 0 saturated carbocycles. The lowest BCUT2D eigenvalue weighted by Gasteiger charge is -2.20. The van der Waals surface area contributed by atoms with Crippen LogP contribution >= 0.6 is 0 Å². The first-order chi connectivity index (χ1) is 21.0. The highest BCUT2D eigenvalue weighted by Crippen LogP contribution is 2.14. The number of rotatable bonds is 32. The Hall–Kier alpha value is -1.43. The maximum Gasteiger partial charge on any atom is 0.223 e. The molecule has 0 bridgehead atoms. The molecule has 4 N–H and O–H groups in total. The SMILES string of the molecule is CCCCCCCC/C=C\C/C=C\C(O)CC(=O)NC(CO)C(O)/C=C/CCCCCCCCCCCCCCCCC. The smallest absolute Gasteiger partial charge is 0.223 e. The largest absolute Gasteiger partial charge is 0.394 e. The topological polar surface area (TPSA) is 89.8 Å². The van der Waals surface area contributed by atoms with E-state index in [1.165, 1.54) is 128 Å². The molecule has 0 spiro atoms. The molecular weight excluding hydrogens is 534 g/mol. The molecular formula is C38H71NO4. The molecule has 43 heavy (non-hydrogen) atoms. The molecule has 0 heterocycles. The van der Waals surface area contributed by atoms with Gasteiger partial charge in [-0.25, -0.2) is 0 Å². The maximum absolute atomic E-state index is 12.3. The number of allylic oxidation sites excluding steroid dienone is 4. The van der Waals surface area contributed by atoms with Crippen molar-refractivity contribution in [3.8, 4) is 0 Å². The van der Waals surface area contributed by atoms with Gasteiger partial charge in [0.2, 0.25) is 5.91 Å². The maximum atomic E-state index is 12.3. The second-order valence-corrected chi connectivity index (χ2v) is 12.5. The quantitative estimate of drug-likeness (QED) is 0.0454. The van der Waals surface area contributed by atoms with E-state index in [1.807, 2.05) is 12.2 Å². The van der Waals surface area contributed by atoms with Gasteiger partial charge in [-0.15, -0.1) is 0 Å². The highest BCUT2D eigenvalue weighted by molar-refractivity contribution is 5.77. The summed E-state index contributed by atoms with van der Waals surface area (Å²) in [6.07, 6.45) is 40.1. The van der Waals surface area contributed by atoms with Crippen LogP contribution in [0.5, 0.6) is 0 Å². The third-order valence-corrected chi connectivity index (χ3v) is 8.18. The molecule has 0 aromatic carbocycles. The van der Waals surface area contributed by atoms with Crippen molar-refractivity contribution in [1.82, 2.24) is 5.32 Å². The molecule has 0 aromatic rings. The third kappa shape index (κ3) is 30.4. The van der Waals surface area contributed by atoms with Crippen molar-refractivity contribution < 1.29 is 20.1 Å². The minimum Gasteiger partial charge on any atom is -0.394 e. The normalized spacial score (nSPS) is 14.3. The first kappa shape index (κ1) is 41.6. The molecule has 252 valence electrons. The molecule has 3 atom stereocenters. The van der Waals surface area contributed by atoms with Crippen LogP contribution in [0.15, 0.2) is 36.5 Å². The van der Waals surface area contributed by atoms with Crippen LogP contribution in [0.25, 0.3) is 0 Å². The van der Waals surface area contributed by atoms with Gasteiger partial charge >= 0.3 is 0 Å². The van der Waals surface area contributed by atoms with Crippen LogP contribution in [0.2, 0.25) is 0 Å². The molecule has 1 amide bonds. The summed E-state index contributed by atoms with van der Waals surface area (Å²) in [6.45, 7) is 4.15. The van der Waals surface area contributed by atoms with Crippen LogP contribution in [-0.4, -0.2) is 46.1 Å². The summed E-state index contributed by atoms with van der Waals surface area (Å²) in [5.74, 6) is -0.385. The van der Waals surface area contributed by atoms with E-state index >= 15 is 0 Å². The molecule has 0 aliphatic carbocycles. The number of aliphatic hydroxyl groups excluding tert-OH is 3. The number of carbonyl (C=O) groups is 1. The van der Waals surface area contributed by atoms with E-state index < -0.39 is 18.2 Å². The fourth-order valence-electron chi connectivity index (χ4n) is 5.34. The second kappa shape index (κ2) is 33.5. The van der Waals surface area contributed by atoms with Crippen molar-refractivity contribution in [3.05, 3.63) is 36.5 Å². The minimum absolute atomic E-state index is 0.0932. The van der Waals surface area contributed by atoms with Crippen LogP contribution < -0.4 is 5.32 Å². The monoisotopic (exact) mass is 606 g/mol. The number of hydrogen-bond donors (Lipinski definition) is 4. The minimum atomic E-state index is -0.949. The number of hydrogen-bond acceptors (Lipinski definition) is 4. The van der Waals surface area contributed by atoms with Gasteiger partial charge in [0.1, 0.15) is 0 Å². The summed E-state index contributed by atoms with van der Waals surface area (Å²) in [5.41, 5.74) is 0. The molecule has 0 rings (SSSR count). The molecule has 5 heteroatoms. The first-order valence-electron chi connectivity index (χ1n) is 18.3. The van der Waals surface area contributed by atoms with E-state index in [4.69, 9.17) is 0 Å². The van der Waals surface area contributed by atoms with Gasteiger partial charge < -0.3 is 20.6 Å². The lowest BCUT2D eigenvalue weighted by molar-refractivity contribution is -0.124. The van der Waals surface area contributed by atoms with Crippen molar-refractivity contribution in [1.29, 1.82) is 0 Å². The Kier molecular flexibility index (Phi) is 32.3. The van der Waals surface area contributed by atoms with Crippen LogP contribution in [0.1, 0.15) is 174 Å². The van der Waals surface area contributed by atoms with E-state index in [0.29, 0.717) is 0 Å². The van der Waals surface area contributed by atoms with Gasteiger partial charge in [-0.05, 0) is 32.1 Å². The van der Waals surface area contributed by atoms with E-state index in [2.05, 4.69) is 31.3 Å². The molecule has 5 nitrogen and oxygen atoms in total. The summed E-state index contributed by atoms with van der Waals surface area (Å²) in [4.78, 5) is 12.3. The van der Waals surface area contributed by atoms with Crippen molar-refractivity contribution in [2.45, 2.75) is 193 Å². The number of unbranched alkanes of at least 4 members (excludes halogenated alkanes) is 21. The zero-order valence-corrected chi connectivity index (χ0v) is 28.3. The zero-order valence-electron chi connectivity index (χ0n) is 28.3. The number of carbonyl (C=O) groups excluding carboxylic acids is 1. The summed E-state index contributed by atoms with van der Waals surface area (Å²) in [7, 11) is 0. The number of amides is 1. The van der Waals surface area contributed by atoms with Gasteiger partial charge in [0.05, 0.1) is 31.3 Å². The van der Waals surface area contributed by atoms with E-state index in [9.17, 15) is 20.1 Å². The highest BCUT2D eigenvalue weighted by Gasteiger charge is 2.19. The number of nitrogens with one attached hydrogen (secondary N) is 1. The Bertz CT molecular complexity index is 675. The van der Waals surface area contributed by atoms with Crippen molar-refractivity contribution in [3.63, 3.8) is 0 Å². The van der Waals surface area contributed by atoms with Gasteiger partial charge in [-0.2, -0.15) is 0 Å². The van der Waals surface area contributed by atoms with Gasteiger partial charge in [-0.1, -0.05) is 172 Å². The van der Waals surface area contributed by atoms with E-state index in [-0.39, 0.29) is 18.9 Å². The lowest BCUT2D eigenvalue weighted by atomic mass is 10.0. The van der Waals surface area contributed by atoms with E-state index in [1.54, 1.807) is 12.2 Å². The molecule has 0 saturated heterocycles. The molecule has 3 unspecified atom stereocenters. The van der Waals surface area contributed by atoms with Crippen LogP contribution in [0.4, 0.5) is 0 Å². The van der Waals surface area contributed by atoms with Crippen LogP contribution in [0.3, 0.4) is 0 Å². The zero-order chi connectivity index (χ0) is 31.6. The van der Waals surface area contributed by atoms with Crippen molar-refractivity contribution >= 4 is 5.91 Å². The van der Waals surface area contributed by atoms with E-state index in [0.717, 1.165) is 25.7 Å². The highest BCUT2D eigenvalue weighted by atomic mass is 16.3. The molecule has 0 aliphatic rings. The Morgan fingerprint density at radius 3 is 1.49 bits per heavy atom. The second-order valence-electron chi connectivity index (χ2n) is 12.5. The average Bonchev–Trinajstić information content (AvgIpc) is 3.00. The van der Waals surface area contributed by atoms with Crippen LogP contribution in [0, 0.1) is 0 Å². The van der Waals surface area contributed by atoms with Crippen molar-refractivity contribution in [2.75, 3.05) is 6.61 Å². The average molecular weight is 606 g/mol. The molecule has 0 radical (unpaired) electrons. The predicted molar refractivity (Wildman–Crippen MR) is 185 cm³/mol. The summed E-state index contributed by atoms with van der Waals surface area (Å²) < 4.78 is 0. The Labute approximate surface area is 266 Å². The summed E-state index contributed by atoms with van der Waals surface area (Å²) >= 11 is 0. The van der Waals surface area contributed by atoms with Crippen molar-refractivity contribution in [2.24, 2.45) is 0 Å². The molecule has 0 fully saturated rings. The summed E-state index contributed by atoms with van der Waals surface area (Å²) in [6, 6.07) is -0.772. The predicted octanol–water partition coefficient (Wildman–Crippen LogP) is 9.65. The summed E-state index contributed by atoms with van der Waals surface area (Å²) in [5, 5.41) is 32.8. The van der Waals surface area contributed by atoms with Gasteiger partial charge in [0.15, 0.2) is 0 Å². The Morgan fingerprint density at radius 2 is 1.02 bits per heavy atom. The van der Waals surface area contributed by atoms with Gasteiger partial charge in [0.25, 0.3) is 0 Å². The molecule has 0 aliphatic heterocycles. The third-order valence-electron chi connectivity index (χ3n) is 8.18. The standard InChI is InChI=1S/C38H71NO4/c1-3-5-7-9-11-13-15-16-17-18-19-20-22-24-26-28-30-32-37(42)36(34-40)39-38(43)33-35(41)31-29-27-25-23-21-14-12-10-8-6-4-2/h23,25,29-32,35-37,40-42H,3-22,24,26-28,33-34H2,1-2H3,(H,39,43)/b25-23-,31-29-,32-30+. The first-order valence-corrected chi connectivity index (χ1v) is 18.3. The number of aliphatic hydroxyl groups is 3. The fraction of sp³-hybridized carbons (Fsp3) is 0.816. The Balaban J connectivity index is 3.82. The molecule has 0 aromatic heterocycles. The van der Waals surface area contributed by atoms with Gasteiger partial charge in [-0.3, -0.25) is 4.79 Å². The lowest BCUT2D eigenvalue weighted by Crippen LogP contribution is -2.45.